The van der Waals surface area contributed by atoms with Crippen LogP contribution in [-0.4, -0.2) is 50.9 Å². The van der Waals surface area contributed by atoms with Crippen molar-refractivity contribution >= 4 is 40.9 Å². The Labute approximate surface area is 263 Å². The number of aryl methyl sites for hydroxylation is 1. The van der Waals surface area contributed by atoms with Crippen LogP contribution in [0.25, 0.3) is 22.4 Å². The molecule has 1 saturated carbocycles. The summed E-state index contributed by atoms with van der Waals surface area (Å²) < 4.78 is 12.3. The molecule has 2 aromatic heterocycles. The van der Waals surface area contributed by atoms with E-state index in [1.54, 1.807) is 30.2 Å². The molecule has 0 radical (unpaired) electrons. The van der Waals surface area contributed by atoms with E-state index in [0.29, 0.717) is 45.5 Å². The maximum Gasteiger partial charge on any atom is 0.410 e. The Balaban J connectivity index is 1.28. The molecular weight excluding hydrogens is 605 g/mol. The molecule has 2 aliphatic rings. The predicted molar refractivity (Wildman–Crippen MR) is 167 cm³/mol. The highest BCUT2D eigenvalue weighted by molar-refractivity contribution is 6.39. The van der Waals surface area contributed by atoms with Gasteiger partial charge in [0.2, 0.25) is 5.88 Å². The van der Waals surface area contributed by atoms with Crippen LogP contribution in [0.15, 0.2) is 65.6 Å². The zero-order valence-electron chi connectivity index (χ0n) is 24.0. The third kappa shape index (κ3) is 5.51. The van der Waals surface area contributed by atoms with Gasteiger partial charge in [-0.15, -0.1) is 0 Å². The summed E-state index contributed by atoms with van der Waals surface area (Å²) in [5.41, 5.74) is 2.92. The Morgan fingerprint density at radius 2 is 1.73 bits per heavy atom. The highest BCUT2D eigenvalue weighted by Crippen LogP contribution is 2.42. The summed E-state index contributed by atoms with van der Waals surface area (Å²) in [5.74, 6) is -0.217. The molecule has 6 rings (SSSR count). The van der Waals surface area contributed by atoms with Gasteiger partial charge in [-0.05, 0) is 43.5 Å². The van der Waals surface area contributed by atoms with Crippen LogP contribution in [0.1, 0.15) is 41.6 Å². The van der Waals surface area contributed by atoms with Crippen LogP contribution in [0.4, 0.5) is 10.5 Å². The number of fused-ring (bicyclic) bond motifs is 1. The number of hydrogen-bond donors (Lipinski definition) is 1. The maximum absolute atomic E-state index is 12.9. The Morgan fingerprint density at radius 3 is 2.52 bits per heavy atom. The minimum Gasteiger partial charge on any atom is -0.481 e. The van der Waals surface area contributed by atoms with Gasteiger partial charge in [-0.1, -0.05) is 60.0 Å². The molecule has 12 heteroatoms. The van der Waals surface area contributed by atoms with E-state index in [1.807, 2.05) is 30.3 Å². The van der Waals surface area contributed by atoms with Crippen molar-refractivity contribution in [2.45, 2.75) is 44.4 Å². The van der Waals surface area contributed by atoms with Crippen molar-refractivity contribution in [3.8, 4) is 28.3 Å². The summed E-state index contributed by atoms with van der Waals surface area (Å²) in [5, 5.41) is 7.22. The van der Waals surface area contributed by atoms with Gasteiger partial charge >= 0.3 is 6.09 Å². The Bertz CT molecular complexity index is 1830. The molecule has 4 aromatic rings. The largest absolute Gasteiger partial charge is 0.481 e. The monoisotopic (exact) mass is 633 g/mol. The number of hydrogen-bond acceptors (Lipinski definition) is 7. The number of carbonyl (C=O) groups excluding carboxylic acids is 2. The van der Waals surface area contributed by atoms with Crippen LogP contribution in [-0.2, 0) is 18.3 Å². The lowest BCUT2D eigenvalue weighted by Gasteiger charge is -2.28. The minimum absolute atomic E-state index is 0.0577. The molecule has 44 heavy (non-hydrogen) atoms. The van der Waals surface area contributed by atoms with Gasteiger partial charge in [0.05, 0.1) is 41.1 Å². The first kappa shape index (κ1) is 29.7. The molecule has 226 valence electrons. The number of amides is 2. The van der Waals surface area contributed by atoms with Gasteiger partial charge in [-0.2, -0.15) is 5.10 Å². The van der Waals surface area contributed by atoms with Crippen molar-refractivity contribution in [3.63, 3.8) is 0 Å². The number of rotatable bonds is 7. The smallest absolute Gasteiger partial charge is 0.410 e. The topological polar surface area (TPSA) is 116 Å². The van der Waals surface area contributed by atoms with Crippen molar-refractivity contribution in [1.29, 1.82) is 0 Å². The number of carbonyl (C=O) groups is 2. The van der Waals surface area contributed by atoms with Crippen LogP contribution in [0, 0.1) is 0 Å². The third-order valence-electron chi connectivity index (χ3n) is 8.09. The van der Waals surface area contributed by atoms with Crippen molar-refractivity contribution in [2.75, 3.05) is 12.4 Å². The first-order valence-electron chi connectivity index (χ1n) is 14.2. The van der Waals surface area contributed by atoms with E-state index in [4.69, 9.17) is 37.7 Å². The fraction of sp³-hybridized carbons (Fsp3) is 0.281. The predicted octanol–water partition coefficient (Wildman–Crippen LogP) is 6.34. The normalized spacial score (nSPS) is 17.6. The Kier molecular flexibility index (Phi) is 8.29. The number of benzene rings is 2. The lowest BCUT2D eigenvalue weighted by Crippen LogP contribution is -2.38. The van der Waals surface area contributed by atoms with Gasteiger partial charge in [0.25, 0.3) is 11.5 Å². The molecule has 1 unspecified atom stereocenters. The van der Waals surface area contributed by atoms with Gasteiger partial charge in [-0.3, -0.25) is 14.5 Å². The van der Waals surface area contributed by atoms with Gasteiger partial charge in [0.15, 0.2) is 0 Å². The lowest BCUT2D eigenvalue weighted by molar-refractivity contribution is 0.102. The molecule has 1 N–H and O–H groups in total. The van der Waals surface area contributed by atoms with E-state index in [2.05, 4.69) is 10.4 Å². The first-order valence-corrected chi connectivity index (χ1v) is 14.9. The minimum atomic E-state index is -0.607. The fourth-order valence-electron chi connectivity index (χ4n) is 5.83. The molecule has 1 aliphatic heterocycles. The summed E-state index contributed by atoms with van der Waals surface area (Å²) in [6, 6.07) is 15.8. The molecule has 10 nitrogen and oxygen atoms in total. The number of aromatic nitrogens is 3. The molecule has 1 saturated heterocycles. The number of anilines is 1. The molecule has 2 aromatic carbocycles. The van der Waals surface area contributed by atoms with Gasteiger partial charge in [-0.25, -0.2) is 14.5 Å². The van der Waals surface area contributed by atoms with Crippen LogP contribution in [0.3, 0.4) is 0 Å². The lowest BCUT2D eigenvalue weighted by atomic mass is 9.92. The summed E-state index contributed by atoms with van der Waals surface area (Å²) >= 11 is 13.7. The summed E-state index contributed by atoms with van der Waals surface area (Å²) in [6.45, 7) is 0.337. The van der Waals surface area contributed by atoms with E-state index in [0.717, 1.165) is 35.9 Å². The molecule has 2 fully saturated rings. The SMILES string of the molecule is COc1nc(-c2cccc(-c3cccc(NC(=O)c4ccnn(C)c4=O)c3Cl)c2Cl)ccc1CN1C(=O)O[C@H]2CCCCC21. The zero-order chi connectivity index (χ0) is 31.0. The second-order valence-electron chi connectivity index (χ2n) is 10.7. The van der Waals surface area contributed by atoms with E-state index in [9.17, 15) is 14.4 Å². The van der Waals surface area contributed by atoms with Crippen molar-refractivity contribution in [3.05, 3.63) is 92.3 Å². The van der Waals surface area contributed by atoms with E-state index < -0.39 is 11.5 Å². The van der Waals surface area contributed by atoms with E-state index >= 15 is 0 Å². The number of nitrogens with one attached hydrogen (secondary N) is 1. The van der Waals surface area contributed by atoms with Crippen molar-refractivity contribution in [1.82, 2.24) is 19.7 Å². The van der Waals surface area contributed by atoms with Gasteiger partial charge in [0, 0.05) is 35.5 Å². The Hall–Kier alpha value is -4.41. The average molecular weight is 635 g/mol. The van der Waals surface area contributed by atoms with Gasteiger partial charge in [0.1, 0.15) is 11.7 Å². The van der Waals surface area contributed by atoms with Crippen LogP contribution in [0.2, 0.25) is 10.0 Å². The Morgan fingerprint density at radius 1 is 1.00 bits per heavy atom. The van der Waals surface area contributed by atoms with Crippen LogP contribution < -0.4 is 15.6 Å². The first-order chi connectivity index (χ1) is 21.3. The summed E-state index contributed by atoms with van der Waals surface area (Å²) in [4.78, 5) is 44.4. The standard InChI is InChI=1S/C32H29Cl2N5O5/c1-38-31(41)22(15-16-35-38)29(40)36-24-10-6-8-20(28(24)34)19-7-5-9-21(27(19)33)23-14-13-18(30(37-23)43-2)17-39-25-11-3-4-12-26(25)44-32(39)42/h5-10,13-16,25-26H,3-4,11-12,17H2,1-2H3,(H,36,40)/t25?,26-/m0/s1. The molecule has 1 aliphatic carbocycles. The van der Waals surface area contributed by atoms with Crippen molar-refractivity contribution in [2.24, 2.45) is 7.05 Å². The average Bonchev–Trinajstić information content (AvgIpc) is 3.34. The van der Waals surface area contributed by atoms with Crippen molar-refractivity contribution < 1.29 is 19.1 Å². The van der Waals surface area contributed by atoms with Crippen LogP contribution in [0.5, 0.6) is 5.88 Å². The number of nitrogens with zero attached hydrogens (tertiary/aromatic N) is 4. The van der Waals surface area contributed by atoms with Gasteiger partial charge < -0.3 is 14.8 Å². The number of ether oxygens (including phenoxy) is 2. The zero-order valence-corrected chi connectivity index (χ0v) is 25.6. The third-order valence-corrected chi connectivity index (χ3v) is 8.90. The second-order valence-corrected chi connectivity index (χ2v) is 11.5. The molecule has 2 amide bonds. The molecular formula is C32H29Cl2N5O5. The highest BCUT2D eigenvalue weighted by Gasteiger charge is 2.43. The second kappa shape index (κ2) is 12.3. The molecule has 0 spiro atoms. The quantitative estimate of drug-likeness (QED) is 0.252. The van der Waals surface area contributed by atoms with E-state index in [-0.39, 0.29) is 28.8 Å². The van der Waals surface area contributed by atoms with Crippen LogP contribution >= 0.6 is 23.2 Å². The fourth-order valence-corrected chi connectivity index (χ4v) is 6.43. The molecule has 2 atom stereocenters. The number of halogens is 2. The molecule has 3 heterocycles. The number of pyridine rings is 1. The van der Waals surface area contributed by atoms with E-state index in [1.165, 1.54) is 19.3 Å². The maximum atomic E-state index is 12.9. The highest BCUT2D eigenvalue weighted by atomic mass is 35.5. The summed E-state index contributed by atoms with van der Waals surface area (Å²) in [7, 11) is 3.01. The number of methoxy groups -OCH3 is 1. The molecule has 0 bridgehead atoms. The summed E-state index contributed by atoms with van der Waals surface area (Å²) in [6.07, 6.45) is 4.96.